The van der Waals surface area contributed by atoms with Crippen LogP contribution in [0.2, 0.25) is 0 Å². The molecule has 0 amide bonds. The molecule has 0 fully saturated rings. The fourth-order valence-electron chi connectivity index (χ4n) is 1.30. The van der Waals surface area contributed by atoms with Crippen LogP contribution in [0.1, 0.15) is 17.1 Å². The molecule has 0 bridgehead atoms. The fraction of sp³-hybridized carbons (Fsp3) is 0.182. The Labute approximate surface area is 81.4 Å². The van der Waals surface area contributed by atoms with Crippen molar-refractivity contribution in [2.45, 2.75) is 13.3 Å². The molecule has 1 heterocycles. The Kier molecular flexibility index (Phi) is 2.31. The topological polar surface area (TPSA) is 26.0 Å². The van der Waals surface area contributed by atoms with E-state index in [2.05, 4.69) is 4.98 Å². The Morgan fingerprint density at radius 2 is 2.00 bits per heavy atom. The maximum absolute atomic E-state index is 12.6. The summed E-state index contributed by atoms with van der Waals surface area (Å²) in [7, 11) is 0. The monoisotopic (exact) mass is 191 g/mol. The van der Waals surface area contributed by atoms with Gasteiger partial charge in [0.25, 0.3) is 0 Å². The van der Waals surface area contributed by atoms with Crippen molar-refractivity contribution in [3.8, 4) is 0 Å². The number of hydrogen-bond acceptors (Lipinski definition) is 2. The maximum Gasteiger partial charge on any atom is 0.191 e. The van der Waals surface area contributed by atoms with E-state index in [-0.39, 0.29) is 5.82 Å². The van der Waals surface area contributed by atoms with Gasteiger partial charge in [-0.3, -0.25) is 0 Å². The summed E-state index contributed by atoms with van der Waals surface area (Å²) in [5.74, 6) is 0.437. The number of halogens is 1. The first-order chi connectivity index (χ1) is 6.74. The van der Waals surface area contributed by atoms with Crippen molar-refractivity contribution in [3.63, 3.8) is 0 Å². The quantitative estimate of drug-likeness (QED) is 0.729. The van der Waals surface area contributed by atoms with Gasteiger partial charge < -0.3 is 4.42 Å². The molecule has 2 rings (SSSR count). The molecule has 0 saturated heterocycles. The maximum atomic E-state index is 12.6. The zero-order chi connectivity index (χ0) is 9.97. The molecule has 2 nitrogen and oxygen atoms in total. The molecule has 1 aromatic heterocycles. The van der Waals surface area contributed by atoms with Crippen LogP contribution in [0.25, 0.3) is 0 Å². The lowest BCUT2D eigenvalue weighted by Gasteiger charge is -1.96. The lowest BCUT2D eigenvalue weighted by Crippen LogP contribution is -1.88. The average molecular weight is 191 g/mol. The van der Waals surface area contributed by atoms with Crippen molar-refractivity contribution in [1.82, 2.24) is 4.98 Å². The van der Waals surface area contributed by atoms with Gasteiger partial charge in [0, 0.05) is 13.3 Å². The molecule has 0 aliphatic rings. The second-order valence-electron chi connectivity index (χ2n) is 3.16. The van der Waals surface area contributed by atoms with Crippen LogP contribution in [0, 0.1) is 12.7 Å². The second kappa shape index (κ2) is 3.62. The third kappa shape index (κ3) is 1.99. The summed E-state index contributed by atoms with van der Waals surface area (Å²) in [4.78, 5) is 4.17. The van der Waals surface area contributed by atoms with E-state index in [9.17, 15) is 4.39 Å². The van der Waals surface area contributed by atoms with Crippen molar-refractivity contribution in [2.24, 2.45) is 0 Å². The zero-order valence-electron chi connectivity index (χ0n) is 7.83. The number of aromatic nitrogens is 1. The van der Waals surface area contributed by atoms with Crippen molar-refractivity contribution in [3.05, 3.63) is 53.5 Å². The summed E-state index contributed by atoms with van der Waals surface area (Å²) in [5.41, 5.74) is 1.90. The van der Waals surface area contributed by atoms with Crippen molar-refractivity contribution in [2.75, 3.05) is 0 Å². The molecule has 0 spiro atoms. The first-order valence-electron chi connectivity index (χ1n) is 4.39. The first kappa shape index (κ1) is 8.94. The summed E-state index contributed by atoms with van der Waals surface area (Å²) in [6.45, 7) is 1.80. The Balaban J connectivity index is 2.15. The van der Waals surface area contributed by atoms with Crippen LogP contribution in [0.5, 0.6) is 0 Å². The van der Waals surface area contributed by atoms with Crippen LogP contribution in [-0.4, -0.2) is 4.98 Å². The molecule has 0 saturated carbocycles. The number of oxazole rings is 1. The van der Waals surface area contributed by atoms with E-state index in [0.717, 1.165) is 11.3 Å². The van der Waals surface area contributed by atoms with Crippen LogP contribution in [0.15, 0.2) is 34.9 Å². The fourth-order valence-corrected chi connectivity index (χ4v) is 1.30. The molecule has 14 heavy (non-hydrogen) atoms. The van der Waals surface area contributed by atoms with Gasteiger partial charge in [-0.2, -0.15) is 0 Å². The molecule has 2 aromatic rings. The summed E-state index contributed by atoms with van der Waals surface area (Å²) >= 11 is 0. The molecule has 0 unspecified atom stereocenters. The largest absolute Gasteiger partial charge is 0.449 e. The molecule has 72 valence electrons. The summed E-state index contributed by atoms with van der Waals surface area (Å²) in [6.07, 6.45) is 2.30. The lowest BCUT2D eigenvalue weighted by atomic mass is 10.1. The molecular weight excluding hydrogens is 181 g/mol. The first-order valence-corrected chi connectivity index (χ1v) is 4.39. The van der Waals surface area contributed by atoms with E-state index in [4.69, 9.17) is 4.42 Å². The van der Waals surface area contributed by atoms with E-state index >= 15 is 0 Å². The average Bonchev–Trinajstić information content (AvgIpc) is 2.56. The Hall–Kier alpha value is -1.64. The van der Waals surface area contributed by atoms with Crippen LogP contribution in [0.3, 0.4) is 0 Å². The highest BCUT2D eigenvalue weighted by molar-refractivity contribution is 5.20. The number of nitrogens with zero attached hydrogens (tertiary/aromatic N) is 1. The number of benzene rings is 1. The smallest absolute Gasteiger partial charge is 0.191 e. The molecule has 0 aliphatic heterocycles. The van der Waals surface area contributed by atoms with E-state index in [0.29, 0.717) is 12.3 Å². The van der Waals surface area contributed by atoms with E-state index in [1.54, 1.807) is 25.3 Å². The van der Waals surface area contributed by atoms with E-state index < -0.39 is 0 Å². The van der Waals surface area contributed by atoms with Crippen LogP contribution >= 0.6 is 0 Å². The molecular formula is C11H10FNO. The molecule has 1 aromatic carbocycles. The van der Waals surface area contributed by atoms with Crippen LogP contribution in [0.4, 0.5) is 4.39 Å². The van der Waals surface area contributed by atoms with Gasteiger partial charge in [0.1, 0.15) is 12.1 Å². The summed E-state index contributed by atoms with van der Waals surface area (Å²) in [5, 5.41) is 0. The van der Waals surface area contributed by atoms with Gasteiger partial charge in [0.15, 0.2) is 5.89 Å². The zero-order valence-corrected chi connectivity index (χ0v) is 7.83. The third-order valence-corrected chi connectivity index (χ3v) is 1.97. The van der Waals surface area contributed by atoms with Gasteiger partial charge in [0.2, 0.25) is 0 Å². The Morgan fingerprint density at radius 3 is 2.57 bits per heavy atom. The van der Waals surface area contributed by atoms with Gasteiger partial charge in [-0.25, -0.2) is 9.37 Å². The minimum Gasteiger partial charge on any atom is -0.449 e. The minimum absolute atomic E-state index is 0.218. The minimum atomic E-state index is -0.218. The van der Waals surface area contributed by atoms with Crippen LogP contribution < -0.4 is 0 Å². The van der Waals surface area contributed by atoms with Gasteiger partial charge in [-0.05, 0) is 17.7 Å². The van der Waals surface area contributed by atoms with E-state index in [1.165, 1.54) is 12.1 Å². The second-order valence-corrected chi connectivity index (χ2v) is 3.16. The molecule has 0 N–H and O–H groups in total. The SMILES string of the molecule is Cc1nc(Cc2ccc(F)cc2)co1. The van der Waals surface area contributed by atoms with Crippen LogP contribution in [-0.2, 0) is 6.42 Å². The number of hydrogen-bond donors (Lipinski definition) is 0. The van der Waals surface area contributed by atoms with Gasteiger partial charge in [-0.1, -0.05) is 12.1 Å². The van der Waals surface area contributed by atoms with Gasteiger partial charge in [0.05, 0.1) is 5.69 Å². The third-order valence-electron chi connectivity index (χ3n) is 1.97. The number of rotatable bonds is 2. The molecule has 0 aliphatic carbocycles. The predicted octanol–water partition coefficient (Wildman–Crippen LogP) is 2.71. The Morgan fingerprint density at radius 1 is 1.29 bits per heavy atom. The Bertz CT molecular complexity index is 419. The molecule has 0 radical (unpaired) electrons. The highest BCUT2D eigenvalue weighted by atomic mass is 19.1. The normalized spacial score (nSPS) is 10.4. The van der Waals surface area contributed by atoms with Crippen molar-refractivity contribution < 1.29 is 8.81 Å². The summed E-state index contributed by atoms with van der Waals surface area (Å²) < 4.78 is 17.7. The number of aryl methyl sites for hydroxylation is 1. The van der Waals surface area contributed by atoms with Gasteiger partial charge in [-0.15, -0.1) is 0 Å². The van der Waals surface area contributed by atoms with Gasteiger partial charge >= 0.3 is 0 Å². The molecule has 0 atom stereocenters. The predicted molar refractivity (Wildman–Crippen MR) is 50.4 cm³/mol. The molecule has 3 heteroatoms. The highest BCUT2D eigenvalue weighted by Gasteiger charge is 2.01. The van der Waals surface area contributed by atoms with Crippen molar-refractivity contribution >= 4 is 0 Å². The lowest BCUT2D eigenvalue weighted by molar-refractivity contribution is 0.520. The highest BCUT2D eigenvalue weighted by Crippen LogP contribution is 2.09. The van der Waals surface area contributed by atoms with E-state index in [1.807, 2.05) is 0 Å². The van der Waals surface area contributed by atoms with Crippen molar-refractivity contribution in [1.29, 1.82) is 0 Å². The standard InChI is InChI=1S/C11H10FNO/c1-8-13-11(7-14-8)6-9-2-4-10(12)5-3-9/h2-5,7H,6H2,1H3. The summed E-state index contributed by atoms with van der Waals surface area (Å²) in [6, 6.07) is 6.39.